The molecule has 0 fully saturated rings. The van der Waals surface area contributed by atoms with E-state index in [2.05, 4.69) is 10.2 Å². The van der Waals surface area contributed by atoms with Gasteiger partial charge in [-0.2, -0.15) is 13.2 Å². The molecule has 30 heavy (non-hydrogen) atoms. The summed E-state index contributed by atoms with van der Waals surface area (Å²) in [5.41, 5.74) is 0. The Kier molecular flexibility index (Phi) is 5.19. The molecule has 3 aromatic rings. The summed E-state index contributed by atoms with van der Waals surface area (Å²) in [6, 6.07) is 9.23. The number of alkyl halides is 3. The van der Waals surface area contributed by atoms with Gasteiger partial charge in [-0.1, -0.05) is 11.6 Å². The van der Waals surface area contributed by atoms with Crippen LogP contribution in [0.4, 0.5) is 13.2 Å². The summed E-state index contributed by atoms with van der Waals surface area (Å²) in [7, 11) is 0. The van der Waals surface area contributed by atoms with Crippen LogP contribution in [0.3, 0.4) is 0 Å². The zero-order valence-electron chi connectivity index (χ0n) is 15.7. The van der Waals surface area contributed by atoms with Crippen LogP contribution in [0.1, 0.15) is 40.9 Å². The molecule has 0 saturated carbocycles. The fourth-order valence-corrected chi connectivity index (χ4v) is 3.40. The van der Waals surface area contributed by atoms with Gasteiger partial charge in [-0.3, -0.25) is 4.79 Å². The molecule has 1 aliphatic heterocycles. The average molecular weight is 441 g/mol. The van der Waals surface area contributed by atoms with E-state index in [-0.39, 0.29) is 31.3 Å². The van der Waals surface area contributed by atoms with E-state index < -0.39 is 23.9 Å². The predicted molar refractivity (Wildman–Crippen MR) is 99.0 cm³/mol. The lowest BCUT2D eigenvalue weighted by Gasteiger charge is -2.33. The number of benzene rings is 1. The maximum Gasteiger partial charge on any atom is 0.451 e. The molecule has 1 unspecified atom stereocenters. The summed E-state index contributed by atoms with van der Waals surface area (Å²) < 4.78 is 51.3. The second-order valence-corrected chi connectivity index (χ2v) is 7.15. The van der Waals surface area contributed by atoms with Crippen LogP contribution in [0, 0.1) is 0 Å². The quantitative estimate of drug-likeness (QED) is 0.603. The highest BCUT2D eigenvalue weighted by Gasteiger charge is 2.42. The molecule has 11 heteroatoms. The lowest BCUT2D eigenvalue weighted by atomic mass is 10.2. The number of hydrogen-bond acceptors (Lipinski definition) is 5. The maximum absolute atomic E-state index is 13.0. The fourth-order valence-electron chi connectivity index (χ4n) is 3.27. The molecule has 0 N–H and O–H groups in total. The summed E-state index contributed by atoms with van der Waals surface area (Å²) in [6.45, 7) is 1.73. The number of ether oxygens (including phenoxy) is 1. The maximum atomic E-state index is 13.0. The Hall–Kier alpha value is -3.01. The molecule has 0 spiro atoms. The molecule has 7 nitrogen and oxygen atoms in total. The molecule has 4 rings (SSSR count). The molecular formula is C19H16ClF3N4O3. The van der Waals surface area contributed by atoms with E-state index in [0.717, 1.165) is 4.57 Å². The van der Waals surface area contributed by atoms with Crippen LogP contribution in [-0.2, 0) is 19.3 Å². The van der Waals surface area contributed by atoms with Crippen LogP contribution in [0.25, 0.3) is 0 Å². The Balaban J connectivity index is 1.45. The summed E-state index contributed by atoms with van der Waals surface area (Å²) in [5, 5.41) is 7.48. The number of fused-ring (bicyclic) bond motifs is 1. The zero-order valence-corrected chi connectivity index (χ0v) is 16.4. The smallest absolute Gasteiger partial charge is 0.451 e. The van der Waals surface area contributed by atoms with Crippen LogP contribution in [-0.4, -0.2) is 32.1 Å². The van der Waals surface area contributed by atoms with Crippen molar-refractivity contribution in [2.24, 2.45) is 0 Å². The normalized spacial score (nSPS) is 16.4. The minimum absolute atomic E-state index is 0.0551. The second-order valence-electron chi connectivity index (χ2n) is 6.71. The highest BCUT2D eigenvalue weighted by molar-refractivity contribution is 6.30. The third-order valence-electron chi connectivity index (χ3n) is 4.77. The number of carbonyl (C=O) groups excluding carboxylic acids is 1. The molecule has 0 aliphatic carbocycles. The van der Waals surface area contributed by atoms with Crippen molar-refractivity contribution in [2.75, 3.05) is 6.54 Å². The largest absolute Gasteiger partial charge is 0.486 e. The van der Waals surface area contributed by atoms with E-state index in [4.69, 9.17) is 20.8 Å². The fraction of sp³-hybridized carbons (Fsp3) is 0.316. The van der Waals surface area contributed by atoms with Gasteiger partial charge >= 0.3 is 6.18 Å². The molecule has 0 saturated heterocycles. The van der Waals surface area contributed by atoms with Gasteiger partial charge in [0.15, 0.2) is 11.6 Å². The number of furan rings is 1. The number of rotatable bonds is 4. The molecule has 0 radical (unpaired) electrons. The molecule has 3 heterocycles. The van der Waals surface area contributed by atoms with E-state index in [1.54, 1.807) is 37.3 Å². The highest BCUT2D eigenvalue weighted by atomic mass is 35.5. The van der Waals surface area contributed by atoms with Gasteiger partial charge < -0.3 is 18.6 Å². The average Bonchev–Trinajstić information content (AvgIpc) is 3.35. The van der Waals surface area contributed by atoms with Gasteiger partial charge in [0, 0.05) is 18.1 Å². The van der Waals surface area contributed by atoms with E-state index in [9.17, 15) is 18.0 Å². The van der Waals surface area contributed by atoms with Gasteiger partial charge in [0.2, 0.25) is 5.82 Å². The lowest BCUT2D eigenvalue weighted by Crippen LogP contribution is -2.41. The monoisotopic (exact) mass is 440 g/mol. The molecule has 1 atom stereocenters. The second kappa shape index (κ2) is 7.67. The van der Waals surface area contributed by atoms with Crippen LogP contribution in [0.2, 0.25) is 5.02 Å². The Morgan fingerprint density at radius 2 is 1.93 bits per heavy atom. The summed E-state index contributed by atoms with van der Waals surface area (Å²) >= 11 is 5.83. The molecule has 1 aliphatic rings. The van der Waals surface area contributed by atoms with Crippen molar-refractivity contribution >= 4 is 17.5 Å². The van der Waals surface area contributed by atoms with Gasteiger partial charge in [0.1, 0.15) is 18.1 Å². The number of hydrogen-bond donors (Lipinski definition) is 0. The number of halogens is 4. The number of aromatic nitrogens is 3. The van der Waals surface area contributed by atoms with E-state index in [1.807, 2.05) is 0 Å². The highest BCUT2D eigenvalue weighted by Crippen LogP contribution is 2.33. The molecule has 158 valence electrons. The number of carbonyl (C=O) groups is 1. The first-order valence-corrected chi connectivity index (χ1v) is 9.40. The minimum atomic E-state index is -4.60. The first-order valence-electron chi connectivity index (χ1n) is 9.02. The van der Waals surface area contributed by atoms with Crippen molar-refractivity contribution in [1.82, 2.24) is 19.7 Å². The molecule has 2 aromatic heterocycles. The number of nitrogens with zero attached hydrogens (tertiary/aromatic N) is 4. The van der Waals surface area contributed by atoms with Crippen LogP contribution in [0.15, 0.2) is 40.8 Å². The molecule has 1 amide bonds. The van der Waals surface area contributed by atoms with E-state index in [1.165, 1.54) is 11.0 Å². The zero-order chi connectivity index (χ0) is 21.5. The minimum Gasteiger partial charge on any atom is -0.486 e. The Morgan fingerprint density at radius 3 is 2.63 bits per heavy atom. The Bertz CT molecular complexity index is 1060. The van der Waals surface area contributed by atoms with Gasteiger partial charge in [-0.15, -0.1) is 10.2 Å². The van der Waals surface area contributed by atoms with E-state index >= 15 is 0 Å². The Morgan fingerprint density at radius 1 is 1.20 bits per heavy atom. The van der Waals surface area contributed by atoms with Crippen molar-refractivity contribution in [2.45, 2.75) is 32.3 Å². The SMILES string of the molecule is CC1c2nnc(C(F)(F)F)n2CCN1C(=O)c1ccc(COc2ccc(Cl)cc2)o1. The standard InChI is InChI=1S/C19H16ClF3N4O3/c1-11-16-24-25-18(19(21,22)23)27(16)9-8-26(11)17(28)15-7-6-14(30-15)10-29-13-4-2-12(20)3-5-13/h2-7,11H,8-10H2,1H3. The van der Waals surface area contributed by atoms with Gasteiger partial charge in [0.05, 0.1) is 6.04 Å². The molecular weight excluding hydrogens is 425 g/mol. The number of amides is 1. The first kappa shape index (κ1) is 20.3. The van der Waals surface area contributed by atoms with Crippen LogP contribution >= 0.6 is 11.6 Å². The van der Waals surface area contributed by atoms with Crippen LogP contribution in [0.5, 0.6) is 5.75 Å². The van der Waals surface area contributed by atoms with Crippen LogP contribution < -0.4 is 4.74 Å². The first-order chi connectivity index (χ1) is 14.2. The topological polar surface area (TPSA) is 73.4 Å². The van der Waals surface area contributed by atoms with Crippen molar-refractivity contribution in [3.63, 3.8) is 0 Å². The summed E-state index contributed by atoms with van der Waals surface area (Å²) in [5.74, 6) is -0.326. The van der Waals surface area contributed by atoms with E-state index in [0.29, 0.717) is 16.5 Å². The molecule has 1 aromatic carbocycles. The Labute approximate surface area is 174 Å². The lowest BCUT2D eigenvalue weighted by molar-refractivity contribution is -0.148. The third-order valence-corrected chi connectivity index (χ3v) is 5.02. The summed E-state index contributed by atoms with van der Waals surface area (Å²) in [4.78, 5) is 14.3. The van der Waals surface area contributed by atoms with Crippen molar-refractivity contribution in [3.05, 3.63) is 64.6 Å². The summed E-state index contributed by atoms with van der Waals surface area (Å²) in [6.07, 6.45) is -4.60. The van der Waals surface area contributed by atoms with Gasteiger partial charge in [-0.05, 0) is 43.3 Å². The van der Waals surface area contributed by atoms with Gasteiger partial charge in [0.25, 0.3) is 5.91 Å². The van der Waals surface area contributed by atoms with Crippen molar-refractivity contribution in [1.29, 1.82) is 0 Å². The molecule has 0 bridgehead atoms. The predicted octanol–water partition coefficient (Wildman–Crippen LogP) is 4.34. The third kappa shape index (κ3) is 3.87. The van der Waals surface area contributed by atoms with Crippen molar-refractivity contribution in [3.8, 4) is 5.75 Å². The van der Waals surface area contributed by atoms with Crippen molar-refractivity contribution < 1.29 is 27.1 Å². The van der Waals surface area contributed by atoms with Gasteiger partial charge in [-0.25, -0.2) is 0 Å².